The molecule has 1 heterocycles. The molecule has 0 bridgehead atoms. The van der Waals surface area contributed by atoms with Crippen LogP contribution in [-0.4, -0.2) is 31.3 Å². The van der Waals surface area contributed by atoms with Crippen molar-refractivity contribution in [2.45, 2.75) is 26.2 Å². The van der Waals surface area contributed by atoms with Crippen molar-refractivity contribution in [1.82, 2.24) is 4.90 Å². The molecule has 1 aromatic rings. The highest BCUT2D eigenvalue weighted by Crippen LogP contribution is 2.21. The van der Waals surface area contributed by atoms with E-state index in [4.69, 9.17) is 4.74 Å². The number of rotatable bonds is 6. The smallest absolute Gasteiger partial charge is 0.123 e. The van der Waals surface area contributed by atoms with Crippen molar-refractivity contribution in [3.63, 3.8) is 0 Å². The average molecular weight is 251 g/mol. The van der Waals surface area contributed by atoms with E-state index in [1.54, 1.807) is 12.1 Å². The van der Waals surface area contributed by atoms with Gasteiger partial charge in [0.05, 0.1) is 6.73 Å². The zero-order valence-corrected chi connectivity index (χ0v) is 11.1. The number of hydrogen-bond acceptors (Lipinski definition) is 2. The summed E-state index contributed by atoms with van der Waals surface area (Å²) in [4.78, 5) is 2.37. The highest BCUT2D eigenvalue weighted by atomic mass is 19.1. The topological polar surface area (TPSA) is 12.5 Å². The fourth-order valence-corrected chi connectivity index (χ4v) is 2.51. The summed E-state index contributed by atoms with van der Waals surface area (Å²) in [5.74, 6) is 0.609. The predicted molar refractivity (Wildman–Crippen MR) is 70.9 cm³/mol. The first-order chi connectivity index (χ1) is 8.78. The third-order valence-corrected chi connectivity index (χ3v) is 3.60. The average Bonchev–Trinajstić information content (AvgIpc) is 2.84. The molecule has 2 rings (SSSR count). The Morgan fingerprint density at radius 1 is 1.33 bits per heavy atom. The van der Waals surface area contributed by atoms with Crippen LogP contribution in [-0.2, 0) is 11.2 Å². The van der Waals surface area contributed by atoms with Crippen LogP contribution in [0.4, 0.5) is 4.39 Å². The molecule has 1 aliphatic rings. The molecule has 0 amide bonds. The second-order valence-corrected chi connectivity index (χ2v) is 5.02. The molecular weight excluding hydrogens is 229 g/mol. The van der Waals surface area contributed by atoms with Gasteiger partial charge < -0.3 is 4.74 Å². The molecule has 18 heavy (non-hydrogen) atoms. The highest BCUT2D eigenvalue weighted by Gasteiger charge is 2.21. The lowest BCUT2D eigenvalue weighted by atomic mass is 9.99. The largest absolute Gasteiger partial charge is 0.366 e. The van der Waals surface area contributed by atoms with E-state index in [2.05, 4.69) is 4.90 Å². The number of ether oxygens (including phenoxy) is 1. The molecule has 2 nitrogen and oxygen atoms in total. The molecule has 3 heteroatoms. The maximum Gasteiger partial charge on any atom is 0.123 e. The van der Waals surface area contributed by atoms with Gasteiger partial charge in [-0.2, -0.15) is 0 Å². The van der Waals surface area contributed by atoms with Crippen LogP contribution >= 0.6 is 0 Å². The predicted octanol–water partition coefficient (Wildman–Crippen LogP) is 3.07. The summed E-state index contributed by atoms with van der Waals surface area (Å²) in [5, 5.41) is 0. The van der Waals surface area contributed by atoms with Crippen molar-refractivity contribution >= 4 is 0 Å². The molecule has 0 N–H and O–H groups in total. The molecule has 100 valence electrons. The maximum absolute atomic E-state index is 12.8. The van der Waals surface area contributed by atoms with Gasteiger partial charge in [-0.15, -0.1) is 0 Å². The van der Waals surface area contributed by atoms with Crippen molar-refractivity contribution in [3.05, 3.63) is 35.6 Å². The van der Waals surface area contributed by atoms with E-state index in [0.29, 0.717) is 0 Å². The Balaban J connectivity index is 1.70. The zero-order valence-electron chi connectivity index (χ0n) is 11.1. The fraction of sp³-hybridized carbons (Fsp3) is 0.600. The molecule has 1 aromatic carbocycles. The minimum Gasteiger partial charge on any atom is -0.366 e. The van der Waals surface area contributed by atoms with Gasteiger partial charge in [0.2, 0.25) is 0 Å². The van der Waals surface area contributed by atoms with Gasteiger partial charge in [-0.25, -0.2) is 4.39 Å². The normalized spacial score (nSPS) is 20.4. The van der Waals surface area contributed by atoms with Crippen LogP contribution in [0, 0.1) is 11.7 Å². The Hall–Kier alpha value is -0.930. The number of nitrogens with zero attached hydrogens (tertiary/aromatic N) is 1. The van der Waals surface area contributed by atoms with Gasteiger partial charge in [-0.3, -0.25) is 4.90 Å². The molecule has 1 atom stereocenters. The molecule has 0 aromatic heterocycles. The molecule has 0 spiro atoms. The Kier molecular flexibility index (Phi) is 5.14. The number of hydrogen-bond donors (Lipinski definition) is 0. The van der Waals surface area contributed by atoms with E-state index in [9.17, 15) is 4.39 Å². The second kappa shape index (κ2) is 6.86. The van der Waals surface area contributed by atoms with Gasteiger partial charge in [0.1, 0.15) is 5.82 Å². The van der Waals surface area contributed by atoms with Gasteiger partial charge in [0.15, 0.2) is 0 Å². The van der Waals surface area contributed by atoms with Gasteiger partial charge in [0.25, 0.3) is 0 Å². The summed E-state index contributed by atoms with van der Waals surface area (Å²) >= 11 is 0. The third kappa shape index (κ3) is 4.07. The first kappa shape index (κ1) is 13.5. The Morgan fingerprint density at radius 3 is 2.83 bits per heavy atom. The SMILES string of the molecule is CCOCN1CCC(CCc2ccc(F)cc2)C1. The molecule has 1 aliphatic heterocycles. The van der Waals surface area contributed by atoms with Crippen LogP contribution in [0.2, 0.25) is 0 Å². The van der Waals surface area contributed by atoms with Crippen LogP contribution in [0.25, 0.3) is 0 Å². The number of halogens is 1. The molecule has 0 aliphatic carbocycles. The quantitative estimate of drug-likeness (QED) is 0.770. The van der Waals surface area contributed by atoms with Crippen molar-refractivity contribution in [2.75, 3.05) is 26.4 Å². The summed E-state index contributed by atoms with van der Waals surface area (Å²) in [6, 6.07) is 6.88. The number of likely N-dealkylation sites (tertiary alicyclic amines) is 1. The first-order valence-electron chi connectivity index (χ1n) is 6.82. The lowest BCUT2D eigenvalue weighted by Crippen LogP contribution is -2.23. The van der Waals surface area contributed by atoms with Crippen molar-refractivity contribution in [3.8, 4) is 0 Å². The van der Waals surface area contributed by atoms with Gasteiger partial charge in [-0.1, -0.05) is 12.1 Å². The summed E-state index contributed by atoms with van der Waals surface area (Å²) in [6.45, 7) is 5.87. The van der Waals surface area contributed by atoms with E-state index >= 15 is 0 Å². The van der Waals surface area contributed by atoms with Crippen molar-refractivity contribution < 1.29 is 9.13 Å². The van der Waals surface area contributed by atoms with Crippen molar-refractivity contribution in [2.24, 2.45) is 5.92 Å². The Labute approximate surface area is 109 Å². The number of aryl methyl sites for hydroxylation is 1. The van der Waals surface area contributed by atoms with Crippen LogP contribution < -0.4 is 0 Å². The molecule has 1 saturated heterocycles. The summed E-state index contributed by atoms with van der Waals surface area (Å²) < 4.78 is 18.2. The van der Waals surface area contributed by atoms with Gasteiger partial charge >= 0.3 is 0 Å². The van der Waals surface area contributed by atoms with E-state index in [-0.39, 0.29) is 5.82 Å². The van der Waals surface area contributed by atoms with Crippen molar-refractivity contribution in [1.29, 1.82) is 0 Å². The minimum absolute atomic E-state index is 0.150. The van der Waals surface area contributed by atoms with Crippen LogP contribution in [0.1, 0.15) is 25.3 Å². The van der Waals surface area contributed by atoms with Gasteiger partial charge in [0, 0.05) is 19.7 Å². The molecule has 1 unspecified atom stereocenters. The second-order valence-electron chi connectivity index (χ2n) is 5.02. The molecule has 1 fully saturated rings. The molecular formula is C15H22FNO. The van der Waals surface area contributed by atoms with E-state index in [1.807, 2.05) is 19.1 Å². The summed E-state index contributed by atoms with van der Waals surface area (Å²) in [7, 11) is 0. The summed E-state index contributed by atoms with van der Waals surface area (Å²) in [6.07, 6.45) is 3.50. The third-order valence-electron chi connectivity index (χ3n) is 3.60. The monoisotopic (exact) mass is 251 g/mol. The molecule has 0 saturated carbocycles. The van der Waals surface area contributed by atoms with Crippen LogP contribution in [0.15, 0.2) is 24.3 Å². The van der Waals surface area contributed by atoms with E-state index < -0.39 is 0 Å². The van der Waals surface area contributed by atoms with E-state index in [0.717, 1.165) is 38.8 Å². The first-order valence-corrected chi connectivity index (χ1v) is 6.82. The Bertz CT molecular complexity index is 352. The zero-order chi connectivity index (χ0) is 12.8. The summed E-state index contributed by atoms with van der Waals surface area (Å²) in [5.41, 5.74) is 1.24. The lowest BCUT2D eigenvalue weighted by Gasteiger charge is -2.15. The van der Waals surface area contributed by atoms with E-state index in [1.165, 1.54) is 18.4 Å². The standard InChI is InChI=1S/C15H22FNO/c1-2-18-12-17-10-9-14(11-17)4-3-13-5-7-15(16)8-6-13/h5-8,14H,2-4,9-12H2,1H3. The fourth-order valence-electron chi connectivity index (χ4n) is 2.51. The number of benzene rings is 1. The van der Waals surface area contributed by atoms with Crippen LogP contribution in [0.3, 0.4) is 0 Å². The van der Waals surface area contributed by atoms with Gasteiger partial charge in [-0.05, 0) is 49.8 Å². The highest BCUT2D eigenvalue weighted by molar-refractivity contribution is 5.16. The Morgan fingerprint density at radius 2 is 2.11 bits per heavy atom. The molecule has 0 radical (unpaired) electrons. The van der Waals surface area contributed by atoms with Crippen LogP contribution in [0.5, 0.6) is 0 Å². The maximum atomic E-state index is 12.8. The lowest BCUT2D eigenvalue weighted by molar-refractivity contribution is 0.0473. The minimum atomic E-state index is -0.150.